The van der Waals surface area contributed by atoms with Crippen LogP contribution in [0.15, 0.2) is 65.8 Å². The standard InChI is InChI=1S/C27H25N3O5S/c1-17-5-4-6-18(2)25(17)29-24(31)15-30-26(32)23(36-27(30)33)14-20-7-8-21(22(13-20)34-3)35-16-19-9-11-28-12-10-19/h4-14H,15-16H2,1-3H3,(H,29,31)/b23-14+. The van der Waals surface area contributed by atoms with Crippen LogP contribution in [0.5, 0.6) is 11.5 Å². The maximum absolute atomic E-state index is 12.9. The number of nitrogens with zero attached hydrogens (tertiary/aromatic N) is 2. The number of hydrogen-bond acceptors (Lipinski definition) is 7. The van der Waals surface area contributed by atoms with Crippen LogP contribution in [0, 0.1) is 13.8 Å². The average molecular weight is 504 g/mol. The summed E-state index contributed by atoms with van der Waals surface area (Å²) in [7, 11) is 1.53. The first-order valence-corrected chi connectivity index (χ1v) is 12.0. The Morgan fingerprint density at radius 2 is 1.78 bits per heavy atom. The summed E-state index contributed by atoms with van der Waals surface area (Å²) in [5.74, 6) is 0.0831. The van der Waals surface area contributed by atoms with Crippen LogP contribution in [0.2, 0.25) is 0 Å². The number of hydrogen-bond donors (Lipinski definition) is 1. The van der Waals surface area contributed by atoms with Gasteiger partial charge in [0.25, 0.3) is 11.1 Å². The Morgan fingerprint density at radius 1 is 1.06 bits per heavy atom. The van der Waals surface area contributed by atoms with E-state index in [2.05, 4.69) is 10.3 Å². The predicted octanol–water partition coefficient (Wildman–Crippen LogP) is 4.96. The number of ether oxygens (including phenoxy) is 2. The lowest BCUT2D eigenvalue weighted by atomic mass is 10.1. The molecule has 3 aromatic rings. The van der Waals surface area contributed by atoms with Gasteiger partial charge in [-0.1, -0.05) is 24.3 Å². The van der Waals surface area contributed by atoms with Crippen molar-refractivity contribution in [2.75, 3.05) is 19.0 Å². The molecule has 0 aliphatic carbocycles. The van der Waals surface area contributed by atoms with Crippen LogP contribution in [0.1, 0.15) is 22.3 Å². The van der Waals surface area contributed by atoms with E-state index in [0.29, 0.717) is 29.4 Å². The second-order valence-corrected chi connectivity index (χ2v) is 9.13. The van der Waals surface area contributed by atoms with Gasteiger partial charge in [0.2, 0.25) is 5.91 Å². The van der Waals surface area contributed by atoms with Crippen LogP contribution >= 0.6 is 11.8 Å². The zero-order valence-electron chi connectivity index (χ0n) is 20.1. The van der Waals surface area contributed by atoms with Crippen molar-refractivity contribution >= 4 is 40.6 Å². The summed E-state index contributed by atoms with van der Waals surface area (Å²) < 4.78 is 11.3. The molecule has 1 saturated heterocycles. The molecule has 9 heteroatoms. The predicted molar refractivity (Wildman–Crippen MR) is 139 cm³/mol. The van der Waals surface area contributed by atoms with E-state index in [0.717, 1.165) is 33.4 Å². The summed E-state index contributed by atoms with van der Waals surface area (Å²) in [4.78, 5) is 43.2. The normalized spacial score (nSPS) is 14.3. The summed E-state index contributed by atoms with van der Waals surface area (Å²) in [6, 6.07) is 14.6. The van der Waals surface area contributed by atoms with Crippen molar-refractivity contribution in [3.05, 3.63) is 88.1 Å². The number of nitrogens with one attached hydrogen (secondary N) is 1. The fourth-order valence-corrected chi connectivity index (χ4v) is 4.49. The average Bonchev–Trinajstić information content (AvgIpc) is 3.13. The van der Waals surface area contributed by atoms with E-state index in [1.165, 1.54) is 7.11 Å². The fraction of sp³-hybridized carbons (Fsp3) is 0.185. The number of methoxy groups -OCH3 is 1. The summed E-state index contributed by atoms with van der Waals surface area (Å²) >= 11 is 0.797. The number of aryl methyl sites for hydroxylation is 2. The van der Waals surface area contributed by atoms with Crippen molar-refractivity contribution in [2.45, 2.75) is 20.5 Å². The van der Waals surface area contributed by atoms with Crippen molar-refractivity contribution in [1.29, 1.82) is 0 Å². The molecule has 0 atom stereocenters. The van der Waals surface area contributed by atoms with Gasteiger partial charge in [-0.25, -0.2) is 0 Å². The molecule has 2 aromatic carbocycles. The Kier molecular flexibility index (Phi) is 7.70. The fourth-order valence-electron chi connectivity index (χ4n) is 3.66. The smallest absolute Gasteiger partial charge is 0.294 e. The Bertz CT molecular complexity index is 1320. The van der Waals surface area contributed by atoms with Crippen LogP contribution in [0.4, 0.5) is 10.5 Å². The molecule has 184 valence electrons. The monoisotopic (exact) mass is 503 g/mol. The van der Waals surface area contributed by atoms with Crippen molar-refractivity contribution in [3.63, 3.8) is 0 Å². The molecule has 0 bridgehead atoms. The highest BCUT2D eigenvalue weighted by Crippen LogP contribution is 2.35. The summed E-state index contributed by atoms with van der Waals surface area (Å²) in [5.41, 5.74) is 4.11. The Balaban J connectivity index is 1.44. The van der Waals surface area contributed by atoms with Gasteiger partial charge in [-0.3, -0.25) is 24.3 Å². The molecular formula is C27H25N3O5S. The molecule has 4 rings (SSSR count). The molecule has 0 spiro atoms. The van der Waals surface area contributed by atoms with Crippen molar-refractivity contribution in [2.24, 2.45) is 0 Å². The highest BCUT2D eigenvalue weighted by molar-refractivity contribution is 8.18. The van der Waals surface area contributed by atoms with E-state index in [4.69, 9.17) is 9.47 Å². The number of thioether (sulfide) groups is 1. The largest absolute Gasteiger partial charge is 0.493 e. The van der Waals surface area contributed by atoms with Crippen molar-refractivity contribution < 1.29 is 23.9 Å². The molecule has 1 fully saturated rings. The van der Waals surface area contributed by atoms with E-state index in [-0.39, 0.29) is 11.4 Å². The minimum absolute atomic E-state index is 0.229. The Labute approximate surface area is 213 Å². The topological polar surface area (TPSA) is 97.8 Å². The number of carbonyl (C=O) groups is 3. The first-order valence-electron chi connectivity index (χ1n) is 11.2. The number of amides is 3. The molecule has 1 N–H and O–H groups in total. The highest BCUT2D eigenvalue weighted by Gasteiger charge is 2.36. The van der Waals surface area contributed by atoms with E-state index < -0.39 is 17.1 Å². The molecule has 1 aromatic heterocycles. The molecule has 36 heavy (non-hydrogen) atoms. The van der Waals surface area contributed by atoms with Crippen molar-refractivity contribution in [3.8, 4) is 11.5 Å². The van der Waals surface area contributed by atoms with Crippen LogP contribution in [-0.4, -0.2) is 40.6 Å². The lowest BCUT2D eigenvalue weighted by Gasteiger charge is -2.15. The van der Waals surface area contributed by atoms with Gasteiger partial charge in [0.15, 0.2) is 11.5 Å². The number of rotatable bonds is 8. The second kappa shape index (κ2) is 11.1. The molecule has 2 heterocycles. The number of anilines is 1. The maximum Gasteiger partial charge on any atom is 0.294 e. The number of aromatic nitrogens is 1. The maximum atomic E-state index is 12.9. The minimum atomic E-state index is -0.515. The van der Waals surface area contributed by atoms with Crippen molar-refractivity contribution in [1.82, 2.24) is 9.88 Å². The van der Waals surface area contributed by atoms with Gasteiger partial charge in [-0.05, 0) is 78.2 Å². The first-order chi connectivity index (χ1) is 17.4. The number of carbonyl (C=O) groups excluding carboxylic acids is 3. The lowest BCUT2D eigenvalue weighted by Crippen LogP contribution is -2.36. The molecule has 3 amide bonds. The summed E-state index contributed by atoms with van der Waals surface area (Å²) in [6.45, 7) is 3.76. The molecule has 1 aliphatic rings. The number of pyridine rings is 1. The number of benzene rings is 2. The Morgan fingerprint density at radius 3 is 2.47 bits per heavy atom. The SMILES string of the molecule is COc1cc(/C=C2/SC(=O)N(CC(=O)Nc3c(C)cccc3C)C2=O)ccc1OCc1ccncc1. The first kappa shape index (κ1) is 25.0. The van der Waals surface area contributed by atoms with Gasteiger partial charge < -0.3 is 14.8 Å². The third kappa shape index (κ3) is 5.75. The second-order valence-electron chi connectivity index (χ2n) is 8.14. The summed E-state index contributed by atoms with van der Waals surface area (Å²) in [6.07, 6.45) is 4.99. The van der Waals surface area contributed by atoms with Crippen LogP contribution in [0.25, 0.3) is 6.08 Å². The van der Waals surface area contributed by atoms with Gasteiger partial charge in [0.05, 0.1) is 12.0 Å². The zero-order chi connectivity index (χ0) is 25.7. The van der Waals surface area contributed by atoms with Crippen LogP contribution in [0.3, 0.4) is 0 Å². The van der Waals surface area contributed by atoms with Crippen LogP contribution in [-0.2, 0) is 16.2 Å². The molecule has 0 unspecified atom stereocenters. The van der Waals surface area contributed by atoms with Gasteiger partial charge in [-0.2, -0.15) is 0 Å². The van der Waals surface area contributed by atoms with E-state index in [1.807, 2.05) is 44.2 Å². The third-order valence-corrected chi connectivity index (χ3v) is 6.46. The molecular weight excluding hydrogens is 478 g/mol. The number of imide groups is 1. The van der Waals surface area contributed by atoms with E-state index in [9.17, 15) is 14.4 Å². The molecule has 1 aliphatic heterocycles. The minimum Gasteiger partial charge on any atom is -0.493 e. The molecule has 0 radical (unpaired) electrons. The van der Waals surface area contributed by atoms with Gasteiger partial charge in [0.1, 0.15) is 13.2 Å². The quantitative estimate of drug-likeness (QED) is 0.434. The van der Waals surface area contributed by atoms with Gasteiger partial charge in [-0.15, -0.1) is 0 Å². The zero-order valence-corrected chi connectivity index (χ0v) is 20.9. The number of para-hydroxylation sites is 1. The van der Waals surface area contributed by atoms with E-state index >= 15 is 0 Å². The van der Waals surface area contributed by atoms with Gasteiger partial charge in [0, 0.05) is 18.1 Å². The molecule has 8 nitrogen and oxygen atoms in total. The van der Waals surface area contributed by atoms with Gasteiger partial charge >= 0.3 is 0 Å². The lowest BCUT2D eigenvalue weighted by molar-refractivity contribution is -0.127. The van der Waals surface area contributed by atoms with Crippen LogP contribution < -0.4 is 14.8 Å². The third-order valence-electron chi connectivity index (χ3n) is 5.55. The van der Waals surface area contributed by atoms with E-state index in [1.54, 1.807) is 36.7 Å². The highest BCUT2D eigenvalue weighted by atomic mass is 32.2. The Hall–Kier alpha value is -4.11. The summed E-state index contributed by atoms with van der Waals surface area (Å²) in [5, 5.41) is 2.32. The molecule has 0 saturated carbocycles.